The lowest BCUT2D eigenvalue weighted by atomic mass is 10.0. The van der Waals surface area contributed by atoms with E-state index in [-0.39, 0.29) is 11.9 Å². The van der Waals surface area contributed by atoms with Crippen LogP contribution in [0.4, 0.5) is 0 Å². The first-order valence-electron chi connectivity index (χ1n) is 7.47. The molecule has 0 aliphatic carbocycles. The average Bonchev–Trinajstić information content (AvgIpc) is 2.55. The molecule has 0 aliphatic rings. The van der Waals surface area contributed by atoms with Gasteiger partial charge in [0.1, 0.15) is 5.75 Å². The van der Waals surface area contributed by atoms with Gasteiger partial charge < -0.3 is 9.64 Å². The summed E-state index contributed by atoms with van der Waals surface area (Å²) in [5, 5.41) is 0. The van der Waals surface area contributed by atoms with Crippen molar-refractivity contribution < 1.29 is 9.53 Å². The highest BCUT2D eigenvalue weighted by molar-refractivity contribution is 5.79. The lowest BCUT2D eigenvalue weighted by Crippen LogP contribution is -2.31. The summed E-state index contributed by atoms with van der Waals surface area (Å²) in [6.07, 6.45) is 0.434. The second-order valence-corrected chi connectivity index (χ2v) is 5.56. The first-order chi connectivity index (χ1) is 10.5. The summed E-state index contributed by atoms with van der Waals surface area (Å²) in [5.74, 6) is 0.947. The third-order valence-corrected chi connectivity index (χ3v) is 4.18. The molecule has 0 heterocycles. The Morgan fingerprint density at radius 3 is 2.36 bits per heavy atom. The van der Waals surface area contributed by atoms with Crippen molar-refractivity contribution >= 4 is 5.91 Å². The Labute approximate surface area is 132 Å². The van der Waals surface area contributed by atoms with Gasteiger partial charge in [-0.05, 0) is 42.7 Å². The molecule has 1 amide bonds. The summed E-state index contributed by atoms with van der Waals surface area (Å²) in [6.45, 7) is 4.08. The molecular formula is C19H23NO2. The van der Waals surface area contributed by atoms with Crippen molar-refractivity contribution in [1.82, 2.24) is 4.90 Å². The summed E-state index contributed by atoms with van der Waals surface area (Å²) < 4.78 is 5.17. The van der Waals surface area contributed by atoms with Gasteiger partial charge in [0.05, 0.1) is 19.6 Å². The van der Waals surface area contributed by atoms with Crippen LogP contribution in [0.3, 0.4) is 0 Å². The van der Waals surface area contributed by atoms with Crippen LogP contribution in [0.2, 0.25) is 0 Å². The lowest BCUT2D eigenvalue weighted by molar-refractivity contribution is -0.131. The first-order valence-corrected chi connectivity index (χ1v) is 7.47. The maximum absolute atomic E-state index is 12.5. The number of hydrogen-bond donors (Lipinski definition) is 0. The number of aryl methyl sites for hydroxylation is 1. The summed E-state index contributed by atoms with van der Waals surface area (Å²) in [5.41, 5.74) is 3.34. The quantitative estimate of drug-likeness (QED) is 0.841. The van der Waals surface area contributed by atoms with Gasteiger partial charge in [0.2, 0.25) is 5.91 Å². The van der Waals surface area contributed by atoms with Crippen molar-refractivity contribution in [3.8, 4) is 5.75 Å². The smallest absolute Gasteiger partial charge is 0.227 e. The van der Waals surface area contributed by atoms with Crippen molar-refractivity contribution in [2.24, 2.45) is 0 Å². The molecule has 1 unspecified atom stereocenters. The second-order valence-electron chi connectivity index (χ2n) is 5.56. The van der Waals surface area contributed by atoms with Gasteiger partial charge in [-0.3, -0.25) is 4.79 Å². The fourth-order valence-electron chi connectivity index (χ4n) is 2.42. The van der Waals surface area contributed by atoms with E-state index in [1.54, 1.807) is 12.0 Å². The van der Waals surface area contributed by atoms with Gasteiger partial charge in [0, 0.05) is 7.05 Å². The maximum Gasteiger partial charge on any atom is 0.227 e. The Bertz CT molecular complexity index is 634. The number of nitrogens with zero attached hydrogens (tertiary/aromatic N) is 1. The number of carbonyl (C=O) groups is 1. The minimum Gasteiger partial charge on any atom is -0.497 e. The topological polar surface area (TPSA) is 29.5 Å². The molecule has 116 valence electrons. The second kappa shape index (κ2) is 7.12. The van der Waals surface area contributed by atoms with Gasteiger partial charge in [0.25, 0.3) is 0 Å². The van der Waals surface area contributed by atoms with Crippen molar-refractivity contribution in [2.45, 2.75) is 26.3 Å². The van der Waals surface area contributed by atoms with E-state index in [1.165, 1.54) is 0 Å². The van der Waals surface area contributed by atoms with Crippen LogP contribution < -0.4 is 4.74 Å². The van der Waals surface area contributed by atoms with Crippen LogP contribution >= 0.6 is 0 Å². The van der Waals surface area contributed by atoms with Crippen LogP contribution in [0, 0.1) is 6.92 Å². The van der Waals surface area contributed by atoms with Gasteiger partial charge in [-0.25, -0.2) is 0 Å². The molecule has 0 N–H and O–H groups in total. The standard InChI is InChI=1S/C19H23NO2/c1-14-7-5-6-8-17(14)13-19(21)20(3)15(2)16-9-11-18(22-4)12-10-16/h5-12,15H,13H2,1-4H3. The lowest BCUT2D eigenvalue weighted by Gasteiger charge is -2.26. The Balaban J connectivity index is 2.07. The van der Waals surface area contributed by atoms with E-state index in [0.29, 0.717) is 6.42 Å². The number of likely N-dealkylation sites (N-methyl/N-ethyl adjacent to an activating group) is 1. The summed E-state index contributed by atoms with van der Waals surface area (Å²) in [4.78, 5) is 14.3. The Morgan fingerprint density at radius 2 is 1.77 bits per heavy atom. The molecule has 2 aromatic rings. The largest absolute Gasteiger partial charge is 0.497 e. The summed E-state index contributed by atoms with van der Waals surface area (Å²) in [6, 6.07) is 15.9. The van der Waals surface area contributed by atoms with Crippen molar-refractivity contribution in [3.63, 3.8) is 0 Å². The summed E-state index contributed by atoms with van der Waals surface area (Å²) in [7, 11) is 3.51. The minimum absolute atomic E-state index is 0.0300. The fourth-order valence-corrected chi connectivity index (χ4v) is 2.42. The number of methoxy groups -OCH3 is 1. The normalized spacial score (nSPS) is 11.8. The molecule has 0 fully saturated rings. The van der Waals surface area contributed by atoms with E-state index in [9.17, 15) is 4.79 Å². The molecule has 0 bridgehead atoms. The monoisotopic (exact) mass is 297 g/mol. The van der Waals surface area contributed by atoms with E-state index in [0.717, 1.165) is 22.4 Å². The molecule has 3 heteroatoms. The zero-order valence-electron chi connectivity index (χ0n) is 13.7. The number of rotatable bonds is 5. The predicted octanol–water partition coefficient (Wildman–Crippen LogP) is 3.77. The number of benzene rings is 2. The van der Waals surface area contributed by atoms with Crippen molar-refractivity contribution in [3.05, 3.63) is 65.2 Å². The average molecular weight is 297 g/mol. The van der Waals surface area contributed by atoms with Crippen molar-refractivity contribution in [1.29, 1.82) is 0 Å². The van der Waals surface area contributed by atoms with E-state index in [1.807, 2.05) is 69.4 Å². The van der Waals surface area contributed by atoms with Gasteiger partial charge in [0.15, 0.2) is 0 Å². The summed E-state index contributed by atoms with van der Waals surface area (Å²) >= 11 is 0. The first kappa shape index (κ1) is 16.1. The molecule has 22 heavy (non-hydrogen) atoms. The van der Waals surface area contributed by atoms with E-state index < -0.39 is 0 Å². The highest BCUT2D eigenvalue weighted by Gasteiger charge is 2.18. The maximum atomic E-state index is 12.5. The minimum atomic E-state index is 0.0300. The molecule has 0 saturated carbocycles. The van der Waals surface area contributed by atoms with Crippen LogP contribution in [0.5, 0.6) is 5.75 Å². The van der Waals surface area contributed by atoms with Crippen LogP contribution in [-0.4, -0.2) is 25.0 Å². The highest BCUT2D eigenvalue weighted by atomic mass is 16.5. The van der Waals surface area contributed by atoms with Gasteiger partial charge >= 0.3 is 0 Å². The zero-order chi connectivity index (χ0) is 16.1. The molecule has 0 aliphatic heterocycles. The van der Waals surface area contributed by atoms with Gasteiger partial charge in [-0.15, -0.1) is 0 Å². The Morgan fingerprint density at radius 1 is 1.14 bits per heavy atom. The van der Waals surface area contributed by atoms with E-state index in [2.05, 4.69) is 0 Å². The SMILES string of the molecule is COc1ccc(C(C)N(C)C(=O)Cc2ccccc2C)cc1. The Kier molecular flexibility index (Phi) is 5.21. The van der Waals surface area contributed by atoms with Crippen LogP contribution in [0.15, 0.2) is 48.5 Å². The molecular weight excluding hydrogens is 274 g/mol. The predicted molar refractivity (Wildman–Crippen MR) is 89.1 cm³/mol. The molecule has 1 atom stereocenters. The number of hydrogen-bond acceptors (Lipinski definition) is 2. The number of carbonyl (C=O) groups excluding carboxylic acids is 1. The van der Waals surface area contributed by atoms with E-state index >= 15 is 0 Å². The number of ether oxygens (including phenoxy) is 1. The molecule has 2 aromatic carbocycles. The molecule has 0 spiro atoms. The molecule has 2 rings (SSSR count). The van der Waals surface area contributed by atoms with Gasteiger partial charge in [-0.2, -0.15) is 0 Å². The third-order valence-electron chi connectivity index (χ3n) is 4.18. The molecule has 0 aromatic heterocycles. The van der Waals surface area contributed by atoms with E-state index in [4.69, 9.17) is 4.74 Å². The Hall–Kier alpha value is -2.29. The van der Waals surface area contributed by atoms with Crippen LogP contribution in [0.1, 0.15) is 29.7 Å². The highest BCUT2D eigenvalue weighted by Crippen LogP contribution is 2.22. The fraction of sp³-hybridized carbons (Fsp3) is 0.316. The zero-order valence-corrected chi connectivity index (χ0v) is 13.7. The van der Waals surface area contributed by atoms with Crippen LogP contribution in [0.25, 0.3) is 0 Å². The van der Waals surface area contributed by atoms with Gasteiger partial charge in [-0.1, -0.05) is 36.4 Å². The van der Waals surface area contributed by atoms with Crippen LogP contribution in [-0.2, 0) is 11.2 Å². The molecule has 0 saturated heterocycles. The van der Waals surface area contributed by atoms with Crippen molar-refractivity contribution in [2.75, 3.05) is 14.2 Å². The molecule has 0 radical (unpaired) electrons. The number of amides is 1. The third kappa shape index (κ3) is 3.67. The molecule has 3 nitrogen and oxygen atoms in total.